The Morgan fingerprint density at radius 2 is 1.12 bits per heavy atom. The summed E-state index contributed by atoms with van der Waals surface area (Å²) in [5.41, 5.74) is -0.301. The first-order chi connectivity index (χ1) is 14.8. The van der Waals surface area contributed by atoms with Crippen LogP contribution in [0.5, 0.6) is 0 Å². The molecule has 0 N–H and O–H groups in total. The highest BCUT2D eigenvalue weighted by molar-refractivity contribution is 7.10. The summed E-state index contributed by atoms with van der Waals surface area (Å²) in [5, 5.41) is 2.12. The molecule has 4 nitrogen and oxygen atoms in total. The van der Waals surface area contributed by atoms with Crippen molar-refractivity contribution < 1.29 is 18.6 Å². The Balaban J connectivity index is 1.69. The van der Waals surface area contributed by atoms with Crippen LogP contribution >= 0.6 is 11.3 Å². The SMILES string of the molecule is CC1(C)OB([C@@H](C[C@@H](B2OC(C)(C)C(C)(C)O2)c2cccs2)c2ccccc2)OC1(C)C. The minimum atomic E-state index is -0.381. The number of thiophene rings is 1. The molecule has 0 aliphatic carbocycles. The van der Waals surface area contributed by atoms with Crippen LogP contribution in [0.15, 0.2) is 47.8 Å². The number of hydrogen-bond donors (Lipinski definition) is 0. The van der Waals surface area contributed by atoms with Gasteiger partial charge in [0.2, 0.25) is 0 Å². The molecule has 0 spiro atoms. The molecular formula is C25H36B2O4S. The summed E-state index contributed by atoms with van der Waals surface area (Å²) < 4.78 is 26.2. The molecule has 0 amide bonds. The van der Waals surface area contributed by atoms with E-state index in [2.05, 4.69) is 103 Å². The molecule has 0 saturated carbocycles. The van der Waals surface area contributed by atoms with Gasteiger partial charge in [-0.1, -0.05) is 36.4 Å². The highest BCUT2D eigenvalue weighted by atomic mass is 32.1. The maximum absolute atomic E-state index is 6.54. The molecule has 4 rings (SSSR count). The van der Waals surface area contributed by atoms with E-state index in [0.29, 0.717) is 0 Å². The Kier molecular flexibility index (Phi) is 6.22. The summed E-state index contributed by atoms with van der Waals surface area (Å²) in [5.74, 6) is 0.114. The van der Waals surface area contributed by atoms with E-state index in [9.17, 15) is 0 Å². The van der Waals surface area contributed by atoms with Crippen LogP contribution in [-0.4, -0.2) is 36.6 Å². The second-order valence-electron chi connectivity index (χ2n) is 11.1. The summed E-state index contributed by atoms with van der Waals surface area (Å²) >= 11 is 1.76. The van der Waals surface area contributed by atoms with Crippen LogP contribution in [0, 0.1) is 0 Å². The van der Waals surface area contributed by atoms with E-state index >= 15 is 0 Å². The molecule has 2 aromatic rings. The van der Waals surface area contributed by atoms with Gasteiger partial charge < -0.3 is 18.6 Å². The van der Waals surface area contributed by atoms with Crippen molar-refractivity contribution in [2.24, 2.45) is 0 Å². The Morgan fingerprint density at radius 3 is 1.56 bits per heavy atom. The van der Waals surface area contributed by atoms with Crippen molar-refractivity contribution in [1.29, 1.82) is 0 Å². The lowest BCUT2D eigenvalue weighted by atomic mass is 9.57. The summed E-state index contributed by atoms with van der Waals surface area (Å²) in [7, 11) is -0.667. The van der Waals surface area contributed by atoms with Gasteiger partial charge in [0.15, 0.2) is 0 Å². The summed E-state index contributed by atoms with van der Waals surface area (Å²) in [4.78, 5) is 1.26. The molecule has 2 aliphatic heterocycles. The van der Waals surface area contributed by atoms with Gasteiger partial charge in [0.1, 0.15) is 0 Å². The van der Waals surface area contributed by atoms with Crippen molar-refractivity contribution in [2.75, 3.05) is 0 Å². The first-order valence-corrected chi connectivity index (χ1v) is 12.5. The van der Waals surface area contributed by atoms with Crippen LogP contribution in [0.25, 0.3) is 0 Å². The molecule has 0 radical (unpaired) electrons. The van der Waals surface area contributed by atoms with Gasteiger partial charge >= 0.3 is 14.2 Å². The van der Waals surface area contributed by atoms with Crippen molar-refractivity contribution in [3.8, 4) is 0 Å². The van der Waals surface area contributed by atoms with Gasteiger partial charge in [-0.15, -0.1) is 11.3 Å². The predicted molar refractivity (Wildman–Crippen MR) is 133 cm³/mol. The molecule has 2 fully saturated rings. The molecule has 0 unspecified atom stereocenters. The lowest BCUT2D eigenvalue weighted by Gasteiger charge is -2.32. The van der Waals surface area contributed by atoms with Crippen molar-refractivity contribution >= 4 is 25.6 Å². The number of benzene rings is 1. The molecule has 7 heteroatoms. The third-order valence-corrected chi connectivity index (χ3v) is 8.85. The average molecular weight is 454 g/mol. The zero-order valence-electron chi connectivity index (χ0n) is 20.7. The van der Waals surface area contributed by atoms with Crippen LogP contribution in [0.1, 0.15) is 83.9 Å². The average Bonchev–Trinajstić information content (AvgIpc) is 3.33. The van der Waals surface area contributed by atoms with Crippen LogP contribution in [0.2, 0.25) is 0 Å². The van der Waals surface area contributed by atoms with E-state index in [0.717, 1.165) is 6.42 Å². The largest absolute Gasteiger partial charge is 0.466 e. The molecule has 32 heavy (non-hydrogen) atoms. The van der Waals surface area contributed by atoms with E-state index in [1.165, 1.54) is 10.4 Å². The molecular weight excluding hydrogens is 418 g/mol. The van der Waals surface area contributed by atoms with E-state index in [1.54, 1.807) is 11.3 Å². The van der Waals surface area contributed by atoms with Crippen molar-refractivity contribution in [1.82, 2.24) is 0 Å². The molecule has 2 aliphatic rings. The molecule has 1 aromatic heterocycles. The standard InChI is InChI=1S/C25H36B2O4S/c1-22(2)23(3,4)29-26(28-22)19(18-13-10-9-11-14-18)17-20(21-15-12-16-32-21)27-30-24(5,6)25(7,8)31-27/h9-16,19-20H,17H2,1-8H3/t19-,20+/m0/s1. The van der Waals surface area contributed by atoms with Gasteiger partial charge in [0, 0.05) is 16.5 Å². The molecule has 1 aromatic carbocycles. The lowest BCUT2D eigenvalue weighted by molar-refractivity contribution is 0.00578. The highest BCUT2D eigenvalue weighted by Gasteiger charge is 2.57. The Labute approximate surface area is 198 Å². The van der Waals surface area contributed by atoms with Gasteiger partial charge in [-0.3, -0.25) is 0 Å². The monoisotopic (exact) mass is 454 g/mol. The molecule has 2 saturated heterocycles. The van der Waals surface area contributed by atoms with Crippen LogP contribution < -0.4 is 0 Å². The van der Waals surface area contributed by atoms with Gasteiger partial charge in [0.05, 0.1) is 22.4 Å². The smallest absolute Gasteiger partial charge is 0.403 e. The maximum Gasteiger partial charge on any atom is 0.466 e. The quantitative estimate of drug-likeness (QED) is 0.483. The third-order valence-electron chi connectivity index (χ3n) is 7.84. The number of rotatable bonds is 6. The molecule has 2 atom stereocenters. The topological polar surface area (TPSA) is 36.9 Å². The van der Waals surface area contributed by atoms with Crippen LogP contribution in [0.3, 0.4) is 0 Å². The number of hydrogen-bond acceptors (Lipinski definition) is 5. The minimum absolute atomic E-state index is 0.0448. The summed E-state index contributed by atoms with van der Waals surface area (Å²) in [6.45, 7) is 16.9. The lowest BCUT2D eigenvalue weighted by Crippen LogP contribution is -2.41. The fourth-order valence-electron chi connectivity index (χ4n) is 4.35. The second-order valence-corrected chi connectivity index (χ2v) is 12.1. The maximum atomic E-state index is 6.54. The zero-order chi connectivity index (χ0) is 23.4. The van der Waals surface area contributed by atoms with Crippen molar-refractivity contribution in [3.63, 3.8) is 0 Å². The summed E-state index contributed by atoms with van der Waals surface area (Å²) in [6, 6.07) is 14.9. The first kappa shape index (κ1) is 24.0. The van der Waals surface area contributed by atoms with Gasteiger partial charge in [-0.2, -0.15) is 0 Å². The predicted octanol–water partition coefficient (Wildman–Crippen LogP) is 6.27. The van der Waals surface area contributed by atoms with Gasteiger partial charge in [-0.05, 0) is 78.8 Å². The van der Waals surface area contributed by atoms with Gasteiger partial charge in [0.25, 0.3) is 0 Å². The molecule has 0 bridgehead atoms. The Morgan fingerprint density at radius 1 is 0.656 bits per heavy atom. The first-order valence-electron chi connectivity index (χ1n) is 11.6. The third kappa shape index (κ3) is 4.35. The van der Waals surface area contributed by atoms with Gasteiger partial charge in [-0.25, -0.2) is 0 Å². The van der Waals surface area contributed by atoms with Crippen LogP contribution in [0.4, 0.5) is 0 Å². The highest BCUT2D eigenvalue weighted by Crippen LogP contribution is 2.47. The minimum Gasteiger partial charge on any atom is -0.403 e. The zero-order valence-corrected chi connectivity index (χ0v) is 21.5. The Bertz CT molecular complexity index is 879. The van der Waals surface area contributed by atoms with Crippen LogP contribution in [-0.2, 0) is 18.6 Å². The normalized spacial score (nSPS) is 25.1. The van der Waals surface area contributed by atoms with Crippen molar-refractivity contribution in [2.45, 2.75) is 95.8 Å². The fourth-order valence-corrected chi connectivity index (χ4v) is 5.20. The second kappa shape index (κ2) is 8.28. The van der Waals surface area contributed by atoms with E-state index < -0.39 is 0 Å². The van der Waals surface area contributed by atoms with E-state index in [4.69, 9.17) is 18.6 Å². The Hall–Kier alpha value is -1.11. The molecule has 172 valence electrons. The molecule has 3 heterocycles. The van der Waals surface area contributed by atoms with E-state index in [1.807, 2.05) is 0 Å². The summed E-state index contributed by atoms with van der Waals surface area (Å²) in [6.07, 6.45) is 0.804. The van der Waals surface area contributed by atoms with Crippen molar-refractivity contribution in [3.05, 3.63) is 58.3 Å². The fraction of sp³-hybridized carbons (Fsp3) is 0.600. The van der Waals surface area contributed by atoms with E-state index in [-0.39, 0.29) is 48.3 Å².